The molecule has 1 aromatic carbocycles. The summed E-state index contributed by atoms with van der Waals surface area (Å²) in [6.07, 6.45) is 5.61. The number of carboxylic acid groups (broad SMARTS) is 1. The second kappa shape index (κ2) is 11.7. The molecule has 11 heteroatoms. The molecule has 2 atom stereocenters. The van der Waals surface area contributed by atoms with Crippen molar-refractivity contribution in [1.29, 1.82) is 0 Å². The average Bonchev–Trinajstić information content (AvgIpc) is 3.53. The topological polar surface area (TPSA) is 132 Å². The van der Waals surface area contributed by atoms with Crippen molar-refractivity contribution in [3.63, 3.8) is 0 Å². The molecule has 1 aromatic heterocycles. The molecule has 188 valence electrons. The Bertz CT molecular complexity index is 1030. The lowest BCUT2D eigenvalue weighted by molar-refractivity contribution is -0.134. The van der Waals surface area contributed by atoms with Crippen LogP contribution in [-0.2, 0) is 16.0 Å². The molecule has 5 rings (SSSR count). The Morgan fingerprint density at radius 1 is 1.23 bits per heavy atom. The van der Waals surface area contributed by atoms with Crippen LogP contribution in [0.2, 0.25) is 5.02 Å². The van der Waals surface area contributed by atoms with Gasteiger partial charge in [0.2, 0.25) is 0 Å². The van der Waals surface area contributed by atoms with Crippen LogP contribution in [0.5, 0.6) is 0 Å². The van der Waals surface area contributed by atoms with Crippen LogP contribution < -0.4 is 5.73 Å². The number of morpholine rings is 1. The number of carbonyl (C=O) groups is 1. The Hall–Kier alpha value is -2.95. The maximum absolute atomic E-state index is 9.00. The van der Waals surface area contributed by atoms with E-state index in [1.54, 1.807) is 6.20 Å². The molecule has 2 saturated heterocycles. The number of likely N-dealkylation sites (tertiary alicyclic amines) is 1. The molecule has 4 N–H and O–H groups in total. The van der Waals surface area contributed by atoms with E-state index in [2.05, 4.69) is 42.3 Å². The third-order valence-electron chi connectivity index (χ3n) is 6.52. The van der Waals surface area contributed by atoms with Crippen molar-refractivity contribution in [3.8, 4) is 0 Å². The highest BCUT2D eigenvalue weighted by Crippen LogP contribution is 2.30. The summed E-state index contributed by atoms with van der Waals surface area (Å²) in [6.45, 7) is 4.60. The van der Waals surface area contributed by atoms with Gasteiger partial charge in [-0.05, 0) is 43.0 Å². The fourth-order valence-electron chi connectivity index (χ4n) is 4.85. The second-order valence-electron chi connectivity index (χ2n) is 9.04. The normalized spacial score (nSPS) is 23.3. The number of nitrogens with zero attached hydrogens (tertiary/aromatic N) is 5. The number of aromatic nitrogens is 2. The maximum Gasteiger partial charge on any atom is 0.300 e. The monoisotopic (exact) mass is 501 g/mol. The van der Waals surface area contributed by atoms with E-state index >= 15 is 0 Å². The zero-order valence-electron chi connectivity index (χ0n) is 19.8. The van der Waals surface area contributed by atoms with Gasteiger partial charge >= 0.3 is 0 Å². The number of hydrogen-bond acceptors (Lipinski definition) is 8. The molecule has 3 aliphatic rings. The van der Waals surface area contributed by atoms with E-state index < -0.39 is 5.97 Å². The first-order valence-electron chi connectivity index (χ1n) is 11.8. The summed E-state index contributed by atoms with van der Waals surface area (Å²) in [5, 5.41) is 23.6. The van der Waals surface area contributed by atoms with E-state index in [1.165, 1.54) is 5.56 Å². The number of rotatable bonds is 4. The van der Waals surface area contributed by atoms with Gasteiger partial charge in [-0.3, -0.25) is 14.8 Å². The third-order valence-corrected chi connectivity index (χ3v) is 6.77. The highest BCUT2D eigenvalue weighted by Gasteiger charge is 2.37. The van der Waals surface area contributed by atoms with E-state index in [0.717, 1.165) is 62.4 Å². The van der Waals surface area contributed by atoms with Crippen LogP contribution in [0.15, 0.2) is 46.7 Å². The van der Waals surface area contributed by atoms with E-state index in [9.17, 15) is 0 Å². The van der Waals surface area contributed by atoms with Crippen molar-refractivity contribution < 1.29 is 14.6 Å². The summed E-state index contributed by atoms with van der Waals surface area (Å²) in [7, 11) is 0. The Morgan fingerprint density at radius 3 is 2.54 bits per heavy atom. The molecule has 0 spiro atoms. The Morgan fingerprint density at radius 2 is 1.94 bits per heavy atom. The van der Waals surface area contributed by atoms with Gasteiger partial charge in [-0.1, -0.05) is 23.7 Å². The van der Waals surface area contributed by atoms with E-state index in [4.69, 9.17) is 32.0 Å². The zero-order valence-corrected chi connectivity index (χ0v) is 20.6. The number of amidine groups is 2. The number of nitrogens with two attached hydrogens (primary N) is 1. The van der Waals surface area contributed by atoms with Crippen LogP contribution in [0.4, 0.5) is 0 Å². The molecule has 3 aliphatic heterocycles. The molecule has 0 bridgehead atoms. The molecule has 0 aliphatic carbocycles. The van der Waals surface area contributed by atoms with Crippen molar-refractivity contribution in [2.24, 2.45) is 15.9 Å². The molecular weight excluding hydrogens is 470 g/mol. The van der Waals surface area contributed by atoms with Crippen LogP contribution in [0, 0.1) is 0 Å². The Kier molecular flexibility index (Phi) is 8.37. The Labute approximate surface area is 209 Å². The highest BCUT2D eigenvalue weighted by molar-refractivity contribution is 6.30. The number of piperidine rings is 1. The van der Waals surface area contributed by atoms with Gasteiger partial charge < -0.3 is 20.5 Å². The van der Waals surface area contributed by atoms with E-state index in [0.29, 0.717) is 30.9 Å². The molecular formula is C24H32ClN7O3. The van der Waals surface area contributed by atoms with Gasteiger partial charge in [-0.2, -0.15) is 5.10 Å². The van der Waals surface area contributed by atoms with Crippen LogP contribution in [-0.4, -0.2) is 81.1 Å². The van der Waals surface area contributed by atoms with Crippen LogP contribution >= 0.6 is 11.6 Å². The fourth-order valence-corrected chi connectivity index (χ4v) is 4.98. The number of ether oxygens (including phenoxy) is 1. The van der Waals surface area contributed by atoms with Gasteiger partial charge in [0.15, 0.2) is 0 Å². The number of H-pyrrole nitrogens is 1. The Balaban J connectivity index is 0.000000672. The first-order valence-corrected chi connectivity index (χ1v) is 12.2. The smallest absolute Gasteiger partial charge is 0.300 e. The fraction of sp³-hybridized carbons (Fsp3) is 0.500. The van der Waals surface area contributed by atoms with Crippen LogP contribution in [0.25, 0.3) is 0 Å². The summed E-state index contributed by atoms with van der Waals surface area (Å²) in [5.74, 6) is 0.779. The average molecular weight is 502 g/mol. The molecule has 2 aromatic rings. The van der Waals surface area contributed by atoms with Gasteiger partial charge in [0.05, 0.1) is 18.7 Å². The van der Waals surface area contributed by atoms with Gasteiger partial charge in [0, 0.05) is 49.9 Å². The lowest BCUT2D eigenvalue weighted by atomic mass is 9.95. The van der Waals surface area contributed by atoms with E-state index in [-0.39, 0.29) is 6.10 Å². The van der Waals surface area contributed by atoms with Crippen molar-refractivity contribution in [1.82, 2.24) is 20.0 Å². The predicted octanol–water partition coefficient (Wildman–Crippen LogP) is 2.68. The van der Waals surface area contributed by atoms with Gasteiger partial charge in [0.1, 0.15) is 17.8 Å². The number of benzene rings is 1. The molecule has 2 fully saturated rings. The quantitative estimate of drug-likeness (QED) is 0.586. The number of halogens is 1. The number of aliphatic carboxylic acids is 1. The first kappa shape index (κ1) is 25.2. The molecule has 10 nitrogen and oxygen atoms in total. The van der Waals surface area contributed by atoms with Crippen LogP contribution in [0.1, 0.15) is 43.5 Å². The minimum Gasteiger partial charge on any atom is -0.481 e. The largest absolute Gasteiger partial charge is 0.481 e. The van der Waals surface area contributed by atoms with E-state index in [1.807, 2.05) is 18.2 Å². The van der Waals surface area contributed by atoms with Gasteiger partial charge in [-0.15, -0.1) is 10.2 Å². The summed E-state index contributed by atoms with van der Waals surface area (Å²) in [6, 6.07) is 11.0. The summed E-state index contributed by atoms with van der Waals surface area (Å²) >= 11 is 6.08. The van der Waals surface area contributed by atoms with Gasteiger partial charge in [0.25, 0.3) is 5.97 Å². The predicted molar refractivity (Wildman–Crippen MR) is 135 cm³/mol. The lowest BCUT2D eigenvalue weighted by Gasteiger charge is -2.46. The van der Waals surface area contributed by atoms with Crippen LogP contribution in [0.3, 0.4) is 0 Å². The third kappa shape index (κ3) is 6.81. The minimum absolute atomic E-state index is 0.0226. The minimum atomic E-state index is -0.833. The molecule has 0 saturated carbocycles. The number of carboxylic acids is 1. The second-order valence-corrected chi connectivity index (χ2v) is 9.47. The maximum atomic E-state index is 9.00. The molecule has 35 heavy (non-hydrogen) atoms. The van der Waals surface area contributed by atoms with Gasteiger partial charge in [-0.25, -0.2) is 0 Å². The SMILES string of the molecule is CC(=O)O.NC1=NN=C(N2CCC(N3C[C@H](c4ccn[nH]4)OC[C@@H]3Cc3ccc(Cl)cc3)CC2)C1. The lowest BCUT2D eigenvalue weighted by Crippen LogP contribution is -2.55. The number of nitrogens with one attached hydrogen (secondary N) is 1. The summed E-state index contributed by atoms with van der Waals surface area (Å²) in [5.41, 5.74) is 8.14. The highest BCUT2D eigenvalue weighted by atomic mass is 35.5. The molecule has 0 amide bonds. The summed E-state index contributed by atoms with van der Waals surface area (Å²) in [4.78, 5) is 14.0. The zero-order chi connectivity index (χ0) is 24.8. The molecule has 4 heterocycles. The van der Waals surface area contributed by atoms with Crippen molar-refractivity contribution in [3.05, 3.63) is 52.8 Å². The van der Waals surface area contributed by atoms with Crippen molar-refractivity contribution >= 4 is 29.2 Å². The van der Waals surface area contributed by atoms with Crippen molar-refractivity contribution in [2.45, 2.75) is 50.8 Å². The standard InChI is InChI=1S/C22H28ClN7O.C2H4O2/c23-16-3-1-15(2-4-16)11-18-14-31-20(19-5-8-25-26-19)13-30(18)17-6-9-29(10-7-17)22-12-21(24)27-28-22;1-2(3)4/h1-5,8,17-18,20H,6-7,9-14H2,(H2,24,27)(H,25,26);1H3,(H,3,4)/t18-,20+;/m0./s1. The first-order chi connectivity index (χ1) is 16.9. The summed E-state index contributed by atoms with van der Waals surface area (Å²) < 4.78 is 6.27. The number of aromatic amines is 1. The molecule has 0 unspecified atom stereocenters. The van der Waals surface area contributed by atoms with Crippen molar-refractivity contribution in [2.75, 3.05) is 26.2 Å². The molecule has 0 radical (unpaired) electrons. The number of hydrogen-bond donors (Lipinski definition) is 3.